The first-order chi connectivity index (χ1) is 12.7. The van der Waals surface area contributed by atoms with Gasteiger partial charge in [-0.05, 0) is 50.9 Å². The van der Waals surface area contributed by atoms with Gasteiger partial charge in [-0.15, -0.1) is 24.0 Å². The molecule has 2 saturated heterocycles. The van der Waals surface area contributed by atoms with Crippen LogP contribution in [0.3, 0.4) is 0 Å². The highest BCUT2D eigenvalue weighted by atomic mass is 127. The second-order valence-corrected chi connectivity index (χ2v) is 7.76. The Hall–Kier alpha value is -0.860. The number of piperidine rings is 1. The number of nitrogens with zero attached hydrogens (tertiary/aromatic N) is 4. The van der Waals surface area contributed by atoms with Crippen molar-refractivity contribution in [2.24, 2.45) is 10.9 Å². The fourth-order valence-corrected chi connectivity index (χ4v) is 4.03. The predicted molar refractivity (Wildman–Crippen MR) is 125 cm³/mol. The summed E-state index contributed by atoms with van der Waals surface area (Å²) in [7, 11) is 4.14. The molecular weight excluding hydrogens is 449 g/mol. The molecule has 0 radical (unpaired) electrons. The van der Waals surface area contributed by atoms with Crippen molar-refractivity contribution >= 4 is 29.9 Å². The van der Waals surface area contributed by atoms with Crippen molar-refractivity contribution in [2.75, 3.05) is 59.9 Å². The smallest absolute Gasteiger partial charge is 0.193 e. The van der Waals surface area contributed by atoms with Crippen molar-refractivity contribution in [1.82, 2.24) is 20.0 Å². The van der Waals surface area contributed by atoms with E-state index in [0.717, 1.165) is 51.1 Å². The number of guanidine groups is 1. The van der Waals surface area contributed by atoms with Crippen LogP contribution >= 0.6 is 24.0 Å². The second kappa shape index (κ2) is 11.9. The van der Waals surface area contributed by atoms with E-state index in [1.165, 1.54) is 37.9 Å². The van der Waals surface area contributed by atoms with E-state index in [-0.39, 0.29) is 24.0 Å². The zero-order chi connectivity index (χ0) is 18.2. The van der Waals surface area contributed by atoms with Gasteiger partial charge in [0.05, 0.1) is 0 Å². The number of hydrogen-bond acceptors (Lipinski definition) is 3. The lowest BCUT2D eigenvalue weighted by atomic mass is 9.94. The number of aliphatic imine (C=N–C) groups is 1. The third-order valence-electron chi connectivity index (χ3n) is 5.81. The molecule has 2 aliphatic heterocycles. The topological polar surface area (TPSA) is 34.1 Å². The monoisotopic (exact) mass is 485 g/mol. The molecule has 1 aromatic rings. The molecule has 27 heavy (non-hydrogen) atoms. The summed E-state index contributed by atoms with van der Waals surface area (Å²) in [5, 5.41) is 3.61. The van der Waals surface area contributed by atoms with Crippen LogP contribution in [0.5, 0.6) is 0 Å². The van der Waals surface area contributed by atoms with Crippen molar-refractivity contribution in [3.05, 3.63) is 35.9 Å². The van der Waals surface area contributed by atoms with E-state index in [1.54, 1.807) is 0 Å². The molecule has 0 aliphatic carbocycles. The van der Waals surface area contributed by atoms with Crippen LogP contribution in [0.4, 0.5) is 0 Å². The molecule has 2 aliphatic rings. The van der Waals surface area contributed by atoms with Gasteiger partial charge < -0.3 is 15.1 Å². The molecule has 0 amide bonds. The van der Waals surface area contributed by atoms with E-state index in [9.17, 15) is 0 Å². The van der Waals surface area contributed by atoms with Crippen molar-refractivity contribution in [3.63, 3.8) is 0 Å². The van der Waals surface area contributed by atoms with Crippen LogP contribution in [0, 0.1) is 5.92 Å². The first-order valence-electron chi connectivity index (χ1n) is 10.1. The average Bonchev–Trinajstić information content (AvgIpc) is 2.68. The van der Waals surface area contributed by atoms with Crippen LogP contribution in [0.2, 0.25) is 0 Å². The summed E-state index contributed by atoms with van der Waals surface area (Å²) in [6.07, 6.45) is 3.95. The Morgan fingerprint density at radius 1 is 1.04 bits per heavy atom. The van der Waals surface area contributed by atoms with Crippen LogP contribution < -0.4 is 5.32 Å². The molecule has 0 bridgehead atoms. The molecule has 0 saturated carbocycles. The third-order valence-corrected chi connectivity index (χ3v) is 5.81. The highest BCUT2D eigenvalue weighted by Crippen LogP contribution is 2.18. The zero-order valence-corrected chi connectivity index (χ0v) is 19.3. The third kappa shape index (κ3) is 7.23. The Kier molecular flexibility index (Phi) is 9.86. The second-order valence-electron chi connectivity index (χ2n) is 7.76. The van der Waals surface area contributed by atoms with Gasteiger partial charge in [0.1, 0.15) is 0 Å². The lowest BCUT2D eigenvalue weighted by Crippen LogP contribution is -2.52. The Morgan fingerprint density at radius 2 is 1.70 bits per heavy atom. The maximum atomic E-state index is 4.52. The SMILES string of the molecule is CN=C(NCCC1CCN(C)CC1)N1CCN(Cc2ccccc2)CC1.I. The molecule has 2 heterocycles. The fraction of sp³-hybridized carbons (Fsp3) is 0.667. The Morgan fingerprint density at radius 3 is 2.33 bits per heavy atom. The van der Waals surface area contributed by atoms with Crippen molar-refractivity contribution in [1.29, 1.82) is 0 Å². The standard InChI is InChI=1S/C21H35N5.HI/c1-22-21(23-11-8-19-9-12-24(2)13-10-19)26-16-14-25(15-17-26)18-20-6-4-3-5-7-20;/h3-7,19H,8-18H2,1-2H3,(H,22,23);1H. The lowest BCUT2D eigenvalue weighted by Gasteiger charge is -2.36. The van der Waals surface area contributed by atoms with Crippen LogP contribution in [-0.2, 0) is 6.54 Å². The molecular formula is C21H36IN5. The van der Waals surface area contributed by atoms with Gasteiger partial charge in [-0.3, -0.25) is 9.89 Å². The molecule has 0 atom stereocenters. The molecule has 0 spiro atoms. The van der Waals surface area contributed by atoms with Crippen molar-refractivity contribution in [3.8, 4) is 0 Å². The summed E-state index contributed by atoms with van der Waals surface area (Å²) >= 11 is 0. The maximum Gasteiger partial charge on any atom is 0.193 e. The minimum atomic E-state index is 0. The largest absolute Gasteiger partial charge is 0.356 e. The maximum absolute atomic E-state index is 4.52. The minimum absolute atomic E-state index is 0. The molecule has 3 rings (SSSR count). The molecule has 6 heteroatoms. The number of rotatable bonds is 5. The van der Waals surface area contributed by atoms with Gasteiger partial charge in [0.2, 0.25) is 0 Å². The van der Waals surface area contributed by atoms with Gasteiger partial charge in [-0.2, -0.15) is 0 Å². The number of likely N-dealkylation sites (tertiary alicyclic amines) is 1. The number of nitrogens with one attached hydrogen (secondary N) is 1. The Labute approximate surface area is 182 Å². The molecule has 1 N–H and O–H groups in total. The quantitative estimate of drug-likeness (QED) is 0.395. The molecule has 2 fully saturated rings. The van der Waals surface area contributed by atoms with E-state index in [4.69, 9.17) is 0 Å². The number of halogens is 1. The van der Waals surface area contributed by atoms with Crippen LogP contribution in [-0.4, -0.2) is 80.6 Å². The number of hydrogen-bond donors (Lipinski definition) is 1. The van der Waals surface area contributed by atoms with Gasteiger partial charge in [-0.25, -0.2) is 0 Å². The van der Waals surface area contributed by atoms with Gasteiger partial charge >= 0.3 is 0 Å². The Balaban J connectivity index is 0.00000261. The molecule has 1 aromatic carbocycles. The highest BCUT2D eigenvalue weighted by Gasteiger charge is 2.20. The number of piperazine rings is 1. The first-order valence-corrected chi connectivity index (χ1v) is 10.1. The van der Waals surface area contributed by atoms with E-state index in [2.05, 4.69) is 62.4 Å². The molecule has 0 aromatic heterocycles. The number of benzene rings is 1. The summed E-state index contributed by atoms with van der Waals surface area (Å²) in [6.45, 7) is 8.92. The summed E-state index contributed by atoms with van der Waals surface area (Å²) in [4.78, 5) is 11.9. The average molecular weight is 485 g/mol. The summed E-state index contributed by atoms with van der Waals surface area (Å²) in [6, 6.07) is 10.8. The Bertz CT molecular complexity index is 549. The van der Waals surface area contributed by atoms with Crippen LogP contribution in [0.25, 0.3) is 0 Å². The summed E-state index contributed by atoms with van der Waals surface area (Å²) in [5.74, 6) is 1.96. The van der Waals surface area contributed by atoms with Gasteiger partial charge in [0.15, 0.2) is 5.96 Å². The first kappa shape index (κ1) is 22.4. The van der Waals surface area contributed by atoms with E-state index in [1.807, 2.05) is 7.05 Å². The summed E-state index contributed by atoms with van der Waals surface area (Å²) < 4.78 is 0. The van der Waals surface area contributed by atoms with E-state index in [0.29, 0.717) is 0 Å². The molecule has 152 valence electrons. The zero-order valence-electron chi connectivity index (χ0n) is 16.9. The lowest BCUT2D eigenvalue weighted by molar-refractivity contribution is 0.172. The van der Waals surface area contributed by atoms with Crippen LogP contribution in [0.15, 0.2) is 35.3 Å². The fourth-order valence-electron chi connectivity index (χ4n) is 4.03. The van der Waals surface area contributed by atoms with Crippen LogP contribution in [0.1, 0.15) is 24.8 Å². The van der Waals surface area contributed by atoms with Gasteiger partial charge in [-0.1, -0.05) is 30.3 Å². The van der Waals surface area contributed by atoms with Gasteiger partial charge in [0, 0.05) is 46.3 Å². The molecule has 0 unspecified atom stereocenters. The van der Waals surface area contributed by atoms with Crippen molar-refractivity contribution in [2.45, 2.75) is 25.8 Å². The van der Waals surface area contributed by atoms with Gasteiger partial charge in [0.25, 0.3) is 0 Å². The van der Waals surface area contributed by atoms with E-state index < -0.39 is 0 Å². The summed E-state index contributed by atoms with van der Waals surface area (Å²) in [5.41, 5.74) is 1.40. The van der Waals surface area contributed by atoms with E-state index >= 15 is 0 Å². The predicted octanol–water partition coefficient (Wildman–Crippen LogP) is 2.73. The highest BCUT2D eigenvalue weighted by molar-refractivity contribution is 14.0. The van der Waals surface area contributed by atoms with Crippen molar-refractivity contribution < 1.29 is 0 Å². The molecule has 5 nitrogen and oxygen atoms in total. The minimum Gasteiger partial charge on any atom is -0.356 e. The normalized spacial score (nSPS) is 20.4.